The topological polar surface area (TPSA) is 17.1 Å². The first kappa shape index (κ1) is 20.7. The summed E-state index contributed by atoms with van der Waals surface area (Å²) in [7, 11) is 0. The zero-order valence-corrected chi connectivity index (χ0v) is 19.2. The fourth-order valence-electron chi connectivity index (χ4n) is 8.58. The van der Waals surface area contributed by atoms with Crippen LogP contribution in [0.25, 0.3) is 0 Å². The van der Waals surface area contributed by atoms with Crippen LogP contribution in [0.4, 0.5) is 0 Å². The second-order valence-electron chi connectivity index (χ2n) is 12.0. The van der Waals surface area contributed by atoms with Crippen LogP contribution in [0.3, 0.4) is 0 Å². The van der Waals surface area contributed by atoms with Gasteiger partial charge in [0.25, 0.3) is 0 Å². The first-order chi connectivity index (χ1) is 13.3. The lowest BCUT2D eigenvalue weighted by Crippen LogP contribution is -2.50. The molecule has 0 radical (unpaired) electrons. The molecule has 7 atom stereocenters. The van der Waals surface area contributed by atoms with Crippen molar-refractivity contribution < 1.29 is 4.79 Å². The highest BCUT2D eigenvalue weighted by molar-refractivity contribution is 5.91. The Morgan fingerprint density at radius 3 is 2.50 bits per heavy atom. The van der Waals surface area contributed by atoms with E-state index in [1.54, 1.807) is 0 Å². The smallest absolute Gasteiger partial charge is 0.155 e. The van der Waals surface area contributed by atoms with Crippen LogP contribution in [0.5, 0.6) is 0 Å². The van der Waals surface area contributed by atoms with Gasteiger partial charge < -0.3 is 0 Å². The molecule has 3 fully saturated rings. The molecule has 0 bridgehead atoms. The Labute approximate surface area is 174 Å². The predicted octanol–water partition coefficient (Wildman–Crippen LogP) is 7.60. The van der Waals surface area contributed by atoms with Crippen LogP contribution < -0.4 is 0 Å². The molecule has 0 aliphatic heterocycles. The van der Waals surface area contributed by atoms with Gasteiger partial charge in [0.2, 0.25) is 0 Å². The van der Waals surface area contributed by atoms with E-state index in [2.05, 4.69) is 40.7 Å². The highest BCUT2D eigenvalue weighted by Crippen LogP contribution is 2.67. The zero-order chi connectivity index (χ0) is 20.1. The number of ketones is 1. The summed E-state index contributed by atoms with van der Waals surface area (Å²) in [6.07, 6.45) is 16.6. The van der Waals surface area contributed by atoms with Crippen LogP contribution in [-0.2, 0) is 4.79 Å². The lowest BCUT2D eigenvalue weighted by molar-refractivity contribution is -0.117. The third kappa shape index (κ3) is 3.33. The van der Waals surface area contributed by atoms with Crippen molar-refractivity contribution in [3.63, 3.8) is 0 Å². The Kier molecular flexibility index (Phi) is 5.60. The maximum absolute atomic E-state index is 12.0. The van der Waals surface area contributed by atoms with Crippen molar-refractivity contribution in [2.45, 2.75) is 105 Å². The number of carbonyl (C=O) groups is 1. The number of fused-ring (bicyclic) bond motifs is 5. The van der Waals surface area contributed by atoms with Crippen LogP contribution in [0, 0.1) is 46.3 Å². The van der Waals surface area contributed by atoms with E-state index in [1.807, 2.05) is 0 Å². The minimum absolute atomic E-state index is 0.332. The SMILES string of the molecule is CC(C)CCC[C@H](C)[C@H]1CC[C@@H]2[C@@H]3CCC4=CC(=O)CC[C@]4(C)[C@H]3CC[C@@]21C. The van der Waals surface area contributed by atoms with Crippen LogP contribution in [-0.4, -0.2) is 5.78 Å². The Balaban J connectivity index is 1.49. The van der Waals surface area contributed by atoms with Gasteiger partial charge in [0.05, 0.1) is 0 Å². The average molecular weight is 385 g/mol. The second kappa shape index (κ2) is 7.59. The van der Waals surface area contributed by atoms with Crippen molar-refractivity contribution in [2.75, 3.05) is 0 Å². The van der Waals surface area contributed by atoms with Crippen molar-refractivity contribution in [1.29, 1.82) is 0 Å². The minimum atomic E-state index is 0.332. The van der Waals surface area contributed by atoms with Crippen molar-refractivity contribution >= 4 is 5.78 Å². The monoisotopic (exact) mass is 384 g/mol. The van der Waals surface area contributed by atoms with Crippen LogP contribution in [0.2, 0.25) is 0 Å². The van der Waals surface area contributed by atoms with Crippen LogP contribution >= 0.6 is 0 Å². The van der Waals surface area contributed by atoms with Gasteiger partial charge in [0, 0.05) is 6.42 Å². The molecule has 158 valence electrons. The molecule has 0 aromatic rings. The van der Waals surface area contributed by atoms with E-state index in [4.69, 9.17) is 0 Å². The standard InChI is InChI=1S/C27H44O/c1-18(2)7-6-8-19(3)23-11-12-24-22-10-9-20-17-21(28)13-15-26(20,4)25(22)14-16-27(23,24)5/h17-19,22-25H,6-16H2,1-5H3/t19-,22-,23+,24+,25-,26-,27+/m0/s1. The highest BCUT2D eigenvalue weighted by atomic mass is 16.1. The molecule has 4 rings (SSSR count). The van der Waals surface area contributed by atoms with Gasteiger partial charge in [-0.3, -0.25) is 4.79 Å². The Bertz CT molecular complexity index is 630. The number of hydrogen-bond acceptors (Lipinski definition) is 1. The third-order valence-electron chi connectivity index (χ3n) is 10.2. The van der Waals surface area contributed by atoms with E-state index >= 15 is 0 Å². The van der Waals surface area contributed by atoms with E-state index in [9.17, 15) is 4.79 Å². The molecule has 0 saturated heterocycles. The van der Waals surface area contributed by atoms with Gasteiger partial charge in [-0.25, -0.2) is 0 Å². The Morgan fingerprint density at radius 1 is 0.964 bits per heavy atom. The van der Waals surface area contributed by atoms with Gasteiger partial charge in [-0.1, -0.05) is 59.5 Å². The van der Waals surface area contributed by atoms with Gasteiger partial charge in [-0.15, -0.1) is 0 Å². The third-order valence-corrected chi connectivity index (χ3v) is 10.2. The maximum Gasteiger partial charge on any atom is 0.155 e. The molecule has 0 aromatic carbocycles. The van der Waals surface area contributed by atoms with Crippen molar-refractivity contribution in [1.82, 2.24) is 0 Å². The number of hydrogen-bond donors (Lipinski definition) is 0. The largest absolute Gasteiger partial charge is 0.295 e. The first-order valence-corrected chi connectivity index (χ1v) is 12.5. The van der Waals surface area contributed by atoms with Gasteiger partial charge >= 0.3 is 0 Å². The number of allylic oxidation sites excluding steroid dienone is 1. The summed E-state index contributed by atoms with van der Waals surface area (Å²) in [5.41, 5.74) is 2.43. The molecule has 1 heteroatoms. The normalized spacial score (nSPS) is 43.9. The Morgan fingerprint density at radius 2 is 1.75 bits per heavy atom. The number of carbonyl (C=O) groups excluding carboxylic acids is 1. The molecule has 0 aromatic heterocycles. The first-order valence-electron chi connectivity index (χ1n) is 12.5. The lowest BCUT2D eigenvalue weighted by atomic mass is 9.46. The maximum atomic E-state index is 12.0. The number of rotatable bonds is 5. The quantitative estimate of drug-likeness (QED) is 0.477. The summed E-state index contributed by atoms with van der Waals surface area (Å²) in [6.45, 7) is 12.5. The summed E-state index contributed by atoms with van der Waals surface area (Å²) >= 11 is 0. The molecule has 3 saturated carbocycles. The molecule has 0 unspecified atom stereocenters. The van der Waals surface area contributed by atoms with Gasteiger partial charge in [0.1, 0.15) is 0 Å². The van der Waals surface area contributed by atoms with Gasteiger partial charge in [-0.05, 0) is 97.4 Å². The molecular weight excluding hydrogens is 340 g/mol. The molecule has 1 nitrogen and oxygen atoms in total. The molecule has 0 amide bonds. The molecule has 4 aliphatic carbocycles. The van der Waals surface area contributed by atoms with Crippen LogP contribution in [0.15, 0.2) is 11.6 Å². The predicted molar refractivity (Wildman–Crippen MR) is 118 cm³/mol. The second-order valence-corrected chi connectivity index (χ2v) is 12.0. The summed E-state index contributed by atoms with van der Waals surface area (Å²) in [5.74, 6) is 5.79. The molecule has 0 spiro atoms. The van der Waals surface area contributed by atoms with Gasteiger partial charge in [0.15, 0.2) is 5.78 Å². The van der Waals surface area contributed by atoms with E-state index in [1.165, 1.54) is 63.4 Å². The minimum Gasteiger partial charge on any atom is -0.295 e. The fraction of sp³-hybridized carbons (Fsp3) is 0.889. The van der Waals surface area contributed by atoms with Crippen LogP contribution in [0.1, 0.15) is 105 Å². The highest BCUT2D eigenvalue weighted by Gasteiger charge is 2.59. The van der Waals surface area contributed by atoms with E-state index in [-0.39, 0.29) is 0 Å². The van der Waals surface area contributed by atoms with Crippen molar-refractivity contribution in [3.8, 4) is 0 Å². The zero-order valence-electron chi connectivity index (χ0n) is 19.2. The van der Waals surface area contributed by atoms with Gasteiger partial charge in [-0.2, -0.15) is 0 Å². The molecule has 28 heavy (non-hydrogen) atoms. The van der Waals surface area contributed by atoms with E-state index in [0.29, 0.717) is 16.6 Å². The average Bonchev–Trinajstić information content (AvgIpc) is 2.99. The van der Waals surface area contributed by atoms with Crippen molar-refractivity contribution in [2.24, 2.45) is 46.3 Å². The molecule has 0 N–H and O–H groups in total. The fourth-order valence-corrected chi connectivity index (χ4v) is 8.58. The van der Waals surface area contributed by atoms with E-state index in [0.717, 1.165) is 48.3 Å². The van der Waals surface area contributed by atoms with E-state index < -0.39 is 0 Å². The summed E-state index contributed by atoms with van der Waals surface area (Å²) in [6, 6.07) is 0. The summed E-state index contributed by atoms with van der Waals surface area (Å²) < 4.78 is 0. The lowest BCUT2D eigenvalue weighted by Gasteiger charge is -2.58. The molecular formula is C27H44O. The Hall–Kier alpha value is -0.590. The summed E-state index contributed by atoms with van der Waals surface area (Å²) in [4.78, 5) is 12.0. The molecule has 4 aliphatic rings. The summed E-state index contributed by atoms with van der Waals surface area (Å²) in [5, 5.41) is 0. The van der Waals surface area contributed by atoms with Crippen molar-refractivity contribution in [3.05, 3.63) is 11.6 Å². The molecule has 0 heterocycles.